The number of nitrogens with zero attached hydrogens (tertiary/aromatic N) is 2. The fraction of sp³-hybridized carbons (Fsp3) is 0.429. The molecule has 1 heterocycles. The third-order valence-corrected chi connectivity index (χ3v) is 1.45. The van der Waals surface area contributed by atoms with E-state index in [1.165, 1.54) is 11.9 Å². The van der Waals surface area contributed by atoms with Crippen molar-refractivity contribution < 1.29 is 4.52 Å². The van der Waals surface area contributed by atoms with E-state index in [1.54, 1.807) is 0 Å². The van der Waals surface area contributed by atoms with Gasteiger partial charge in [-0.15, -0.1) is 0 Å². The number of rotatable bonds is 5. The van der Waals surface area contributed by atoms with Crippen molar-refractivity contribution in [3.05, 3.63) is 23.8 Å². The van der Waals surface area contributed by atoms with Crippen LogP contribution in [-0.2, 0) is 6.42 Å². The van der Waals surface area contributed by atoms with E-state index in [2.05, 4.69) is 15.5 Å². The van der Waals surface area contributed by atoms with Crippen molar-refractivity contribution in [3.8, 4) is 0 Å². The van der Waals surface area contributed by atoms with Gasteiger partial charge in [0.2, 0.25) is 5.89 Å². The van der Waals surface area contributed by atoms with Crippen molar-refractivity contribution in [1.82, 2.24) is 15.5 Å². The molecule has 0 aliphatic heterocycles. The Morgan fingerprint density at radius 2 is 2.58 bits per heavy atom. The van der Waals surface area contributed by atoms with Gasteiger partial charge in [-0.05, 0) is 0 Å². The maximum atomic E-state index is 5.32. The summed E-state index contributed by atoms with van der Waals surface area (Å²) in [6.45, 7) is 1.57. The lowest BCUT2D eigenvalue weighted by molar-refractivity contribution is 0.375. The molecule has 1 aromatic rings. The summed E-state index contributed by atoms with van der Waals surface area (Å²) in [5.41, 5.74) is 1.49. The van der Waals surface area contributed by atoms with E-state index in [1.807, 2.05) is 6.08 Å². The fourth-order valence-electron chi connectivity index (χ4n) is 0.731. The van der Waals surface area contributed by atoms with Gasteiger partial charge in [0.05, 0.1) is 0 Å². The quantitative estimate of drug-likeness (QED) is 0.698. The van der Waals surface area contributed by atoms with E-state index in [4.69, 9.17) is 16.1 Å². The van der Waals surface area contributed by atoms with E-state index in [0.717, 1.165) is 19.5 Å². The predicted octanol–water partition coefficient (Wildman–Crippen LogP) is 0.954. The Hall–Kier alpha value is -0.870. The topological polar surface area (TPSA) is 51.0 Å². The smallest absolute Gasteiger partial charge is 0.227 e. The molecule has 1 N–H and O–H groups in total. The van der Waals surface area contributed by atoms with E-state index in [0.29, 0.717) is 5.89 Å². The predicted molar refractivity (Wildman–Crippen MR) is 45.9 cm³/mol. The highest BCUT2D eigenvalue weighted by atomic mass is 35.5. The summed E-state index contributed by atoms with van der Waals surface area (Å²) in [5.74, 6) is 0.650. The largest absolute Gasteiger partial charge is 0.340 e. The van der Waals surface area contributed by atoms with Gasteiger partial charge in [-0.1, -0.05) is 22.8 Å². The molecule has 0 bridgehead atoms. The van der Waals surface area contributed by atoms with E-state index in [-0.39, 0.29) is 0 Å². The van der Waals surface area contributed by atoms with Gasteiger partial charge in [0.25, 0.3) is 0 Å². The lowest BCUT2D eigenvalue weighted by Gasteiger charge is -1.95. The molecule has 0 atom stereocenters. The average molecular weight is 188 g/mol. The number of hydrogen-bond acceptors (Lipinski definition) is 4. The first-order valence-corrected chi connectivity index (χ1v) is 4.08. The SMILES string of the molecule is Cl/C=C/CNCCc1ncno1. The molecule has 0 aliphatic rings. The zero-order chi connectivity index (χ0) is 8.65. The number of hydrogen-bond donors (Lipinski definition) is 1. The molecule has 0 aromatic carbocycles. The van der Waals surface area contributed by atoms with Crippen LogP contribution in [0, 0.1) is 0 Å². The Labute approximate surface area is 75.6 Å². The first-order valence-electron chi connectivity index (χ1n) is 3.65. The molecule has 0 spiro atoms. The third-order valence-electron chi connectivity index (χ3n) is 1.27. The minimum Gasteiger partial charge on any atom is -0.340 e. The summed E-state index contributed by atoms with van der Waals surface area (Å²) in [7, 11) is 0. The summed E-state index contributed by atoms with van der Waals surface area (Å²) in [6, 6.07) is 0. The monoisotopic (exact) mass is 187 g/mol. The second kappa shape index (κ2) is 5.74. The molecule has 66 valence electrons. The second-order valence-corrected chi connectivity index (χ2v) is 2.40. The van der Waals surface area contributed by atoms with Crippen LogP contribution in [0.3, 0.4) is 0 Å². The highest BCUT2D eigenvalue weighted by Crippen LogP contribution is 1.89. The molecular formula is C7H10ClN3O. The van der Waals surface area contributed by atoms with Crippen LogP contribution in [0.2, 0.25) is 0 Å². The zero-order valence-corrected chi connectivity index (χ0v) is 7.29. The Bertz CT molecular complexity index is 223. The molecule has 5 heteroatoms. The van der Waals surface area contributed by atoms with Gasteiger partial charge in [0.1, 0.15) is 0 Å². The zero-order valence-electron chi connectivity index (χ0n) is 6.53. The van der Waals surface area contributed by atoms with Crippen LogP contribution in [0.25, 0.3) is 0 Å². The number of aromatic nitrogens is 2. The molecule has 0 aliphatic carbocycles. The Kier molecular flexibility index (Phi) is 4.41. The first kappa shape index (κ1) is 9.22. The molecule has 1 aromatic heterocycles. The van der Waals surface area contributed by atoms with Crippen molar-refractivity contribution in [2.24, 2.45) is 0 Å². The molecule has 4 nitrogen and oxygen atoms in total. The maximum absolute atomic E-state index is 5.32. The van der Waals surface area contributed by atoms with Crippen LogP contribution in [0.4, 0.5) is 0 Å². The molecule has 12 heavy (non-hydrogen) atoms. The summed E-state index contributed by atoms with van der Waals surface area (Å²) in [4.78, 5) is 3.87. The van der Waals surface area contributed by atoms with Gasteiger partial charge in [-0.2, -0.15) is 4.98 Å². The second-order valence-electron chi connectivity index (χ2n) is 2.15. The average Bonchev–Trinajstić information content (AvgIpc) is 2.57. The summed E-state index contributed by atoms with van der Waals surface area (Å²) >= 11 is 5.32. The normalized spacial score (nSPS) is 11.1. The molecule has 0 saturated heterocycles. The lowest BCUT2D eigenvalue weighted by Crippen LogP contribution is -2.16. The first-order chi connectivity index (χ1) is 5.93. The van der Waals surface area contributed by atoms with Gasteiger partial charge in [0.15, 0.2) is 6.33 Å². The molecule has 0 saturated carbocycles. The Morgan fingerprint density at radius 3 is 3.25 bits per heavy atom. The van der Waals surface area contributed by atoms with Gasteiger partial charge in [-0.3, -0.25) is 0 Å². The molecule has 0 fully saturated rings. The molecular weight excluding hydrogens is 178 g/mol. The third kappa shape index (κ3) is 3.50. The van der Waals surface area contributed by atoms with Crippen LogP contribution in [0.15, 0.2) is 22.5 Å². The van der Waals surface area contributed by atoms with Crippen LogP contribution in [0.1, 0.15) is 5.89 Å². The van der Waals surface area contributed by atoms with Crippen molar-refractivity contribution in [2.75, 3.05) is 13.1 Å². The highest BCUT2D eigenvalue weighted by molar-refractivity contribution is 6.25. The van der Waals surface area contributed by atoms with Crippen LogP contribution >= 0.6 is 11.6 Å². The fourth-order valence-corrected chi connectivity index (χ4v) is 0.820. The van der Waals surface area contributed by atoms with Gasteiger partial charge < -0.3 is 9.84 Å². The minimum atomic E-state index is 0.650. The van der Waals surface area contributed by atoms with Crippen molar-refractivity contribution >= 4 is 11.6 Å². The van der Waals surface area contributed by atoms with Gasteiger partial charge >= 0.3 is 0 Å². The number of nitrogens with one attached hydrogen (secondary N) is 1. The van der Waals surface area contributed by atoms with Crippen molar-refractivity contribution in [2.45, 2.75) is 6.42 Å². The Morgan fingerprint density at radius 1 is 1.67 bits per heavy atom. The van der Waals surface area contributed by atoms with E-state index in [9.17, 15) is 0 Å². The van der Waals surface area contributed by atoms with Gasteiger partial charge in [-0.25, -0.2) is 0 Å². The lowest BCUT2D eigenvalue weighted by atomic mass is 10.4. The summed E-state index contributed by atoms with van der Waals surface area (Å²) in [5, 5.41) is 6.61. The summed E-state index contributed by atoms with van der Waals surface area (Å²) in [6.07, 6.45) is 3.97. The highest BCUT2D eigenvalue weighted by Gasteiger charge is 1.95. The molecule has 0 unspecified atom stereocenters. The van der Waals surface area contributed by atoms with Gasteiger partial charge in [0, 0.05) is 25.0 Å². The molecule has 1 rings (SSSR count). The number of halogens is 1. The van der Waals surface area contributed by atoms with E-state index < -0.39 is 0 Å². The minimum absolute atomic E-state index is 0.650. The standard InChI is InChI=1S/C7H10ClN3O/c8-3-1-4-9-5-2-7-10-6-11-12-7/h1,3,6,9H,2,4-5H2/b3-1+. The van der Waals surface area contributed by atoms with E-state index >= 15 is 0 Å². The molecule has 0 radical (unpaired) electrons. The van der Waals surface area contributed by atoms with Crippen molar-refractivity contribution in [3.63, 3.8) is 0 Å². The maximum Gasteiger partial charge on any atom is 0.227 e. The van der Waals surface area contributed by atoms with Crippen molar-refractivity contribution in [1.29, 1.82) is 0 Å². The van der Waals surface area contributed by atoms with Crippen LogP contribution in [-0.4, -0.2) is 23.2 Å². The summed E-state index contributed by atoms with van der Waals surface area (Å²) < 4.78 is 4.79. The molecule has 0 amide bonds. The van der Waals surface area contributed by atoms with Crippen LogP contribution < -0.4 is 5.32 Å². The Balaban J connectivity index is 2.03. The van der Waals surface area contributed by atoms with Crippen LogP contribution in [0.5, 0.6) is 0 Å².